The number of aromatic nitrogens is 4. The summed E-state index contributed by atoms with van der Waals surface area (Å²) in [6.45, 7) is 4.59. The van der Waals surface area contributed by atoms with E-state index in [1.54, 1.807) is 24.3 Å². The summed E-state index contributed by atoms with van der Waals surface area (Å²) in [5, 5.41) is 23.3. The van der Waals surface area contributed by atoms with E-state index in [1.165, 1.54) is 0 Å². The normalized spacial score (nSPS) is 20.1. The van der Waals surface area contributed by atoms with Gasteiger partial charge in [0.15, 0.2) is 0 Å². The molecule has 0 bridgehead atoms. The van der Waals surface area contributed by atoms with Crippen LogP contribution in [0, 0.1) is 18.8 Å². The van der Waals surface area contributed by atoms with Crippen molar-refractivity contribution in [2.45, 2.75) is 64.0 Å². The zero-order chi connectivity index (χ0) is 35.0. The molecular weight excluding hydrogens is 630 g/mol. The van der Waals surface area contributed by atoms with Crippen LogP contribution >= 0.6 is 0 Å². The second-order valence-corrected chi connectivity index (χ2v) is 13.8. The highest BCUT2D eigenvalue weighted by Gasteiger charge is 2.29. The van der Waals surface area contributed by atoms with Crippen LogP contribution in [-0.2, 0) is 16.0 Å². The number of anilines is 1. The highest BCUT2D eigenvalue weighted by molar-refractivity contribution is 5.98. The van der Waals surface area contributed by atoms with Crippen molar-refractivity contribution in [1.29, 1.82) is 0 Å². The van der Waals surface area contributed by atoms with Crippen molar-refractivity contribution in [3.05, 3.63) is 83.4 Å². The quantitative estimate of drug-likeness (QED) is 0.158. The van der Waals surface area contributed by atoms with Crippen LogP contribution in [-0.4, -0.2) is 82.0 Å². The minimum Gasteiger partial charge on any atom is -0.348 e. The van der Waals surface area contributed by atoms with Gasteiger partial charge in [0.2, 0.25) is 17.6 Å². The molecule has 1 saturated heterocycles. The number of hydrogen-bond acceptors (Lipinski definition) is 8. The second kappa shape index (κ2) is 16.2. The lowest BCUT2D eigenvalue weighted by Crippen LogP contribution is -2.48. The van der Waals surface area contributed by atoms with Crippen LogP contribution in [0.3, 0.4) is 0 Å². The molecule has 1 aromatic heterocycles. The maximum Gasteiger partial charge on any atom is 0.251 e. The van der Waals surface area contributed by atoms with E-state index in [0.717, 1.165) is 79.4 Å². The number of aromatic amines is 1. The van der Waals surface area contributed by atoms with Crippen LogP contribution in [0.4, 0.5) is 5.69 Å². The van der Waals surface area contributed by atoms with Crippen molar-refractivity contribution in [2.24, 2.45) is 17.6 Å². The Kier molecular flexibility index (Phi) is 11.3. The van der Waals surface area contributed by atoms with Gasteiger partial charge in [-0.25, -0.2) is 0 Å². The van der Waals surface area contributed by atoms with Gasteiger partial charge in [-0.1, -0.05) is 30.3 Å². The summed E-state index contributed by atoms with van der Waals surface area (Å²) in [7, 11) is 2.09. The number of carbonyl (C=O) groups excluding carboxylic acids is 3. The smallest absolute Gasteiger partial charge is 0.251 e. The lowest BCUT2D eigenvalue weighted by Gasteiger charge is -2.30. The molecule has 3 amide bonds. The molecule has 262 valence electrons. The number of nitrogens with one attached hydrogen (secondary N) is 4. The molecule has 6 rings (SSSR count). The Morgan fingerprint density at radius 3 is 2.36 bits per heavy atom. The van der Waals surface area contributed by atoms with E-state index < -0.39 is 6.04 Å². The van der Waals surface area contributed by atoms with Gasteiger partial charge in [0.05, 0.1) is 0 Å². The number of H-pyrrole nitrogens is 1. The first-order valence-electron chi connectivity index (χ1n) is 17.6. The molecule has 2 heterocycles. The summed E-state index contributed by atoms with van der Waals surface area (Å²) in [5.41, 5.74) is 11.8. The Labute approximate surface area is 293 Å². The number of tetrazole rings is 1. The molecule has 3 aromatic carbocycles. The number of carbonyl (C=O) groups is 3. The van der Waals surface area contributed by atoms with E-state index in [9.17, 15) is 14.4 Å². The monoisotopic (exact) mass is 677 g/mol. The molecule has 2 fully saturated rings. The summed E-state index contributed by atoms with van der Waals surface area (Å²) in [5.74, 6) is 0.335. The van der Waals surface area contributed by atoms with Gasteiger partial charge in [-0.05, 0) is 135 Å². The van der Waals surface area contributed by atoms with E-state index in [2.05, 4.69) is 48.5 Å². The molecule has 2 atom stereocenters. The number of aryl methyl sites for hydroxylation is 1. The zero-order valence-electron chi connectivity index (χ0n) is 28.8. The molecule has 2 aliphatic rings. The number of rotatable bonds is 11. The van der Waals surface area contributed by atoms with Crippen molar-refractivity contribution in [2.75, 3.05) is 32.0 Å². The fraction of sp³-hybridized carbons (Fsp3) is 0.421. The number of piperidine rings is 1. The average Bonchev–Trinajstić information content (AvgIpc) is 3.67. The fourth-order valence-electron chi connectivity index (χ4n) is 7.11. The second-order valence-electron chi connectivity index (χ2n) is 13.8. The number of hydrogen-bond donors (Lipinski definition) is 5. The van der Waals surface area contributed by atoms with Crippen LogP contribution in [0.25, 0.3) is 22.5 Å². The lowest BCUT2D eigenvalue weighted by atomic mass is 9.81. The Morgan fingerprint density at radius 2 is 1.70 bits per heavy atom. The molecule has 0 spiro atoms. The minimum absolute atomic E-state index is 0.0444. The SMILES string of the molecule is Cc1cc(C(=O)NC2CCCN(C)C2)ccc1-c1ccc(CC(NC(=O)C2CCC(CN)CC2)C(=O)Nc2ccc(-c3nn[nH]n3)cc2)cc1. The van der Waals surface area contributed by atoms with Gasteiger partial charge in [-0.15, -0.1) is 10.2 Å². The molecule has 6 N–H and O–H groups in total. The number of amides is 3. The van der Waals surface area contributed by atoms with Crippen LogP contribution in [0.5, 0.6) is 0 Å². The zero-order valence-corrected chi connectivity index (χ0v) is 28.8. The predicted molar refractivity (Wildman–Crippen MR) is 193 cm³/mol. The predicted octanol–water partition coefficient (Wildman–Crippen LogP) is 4.10. The average molecular weight is 678 g/mol. The topological polar surface area (TPSA) is 171 Å². The first kappa shape index (κ1) is 34.9. The molecule has 4 aromatic rings. The Hall–Kier alpha value is -4.94. The van der Waals surface area contributed by atoms with Crippen molar-refractivity contribution in [3.63, 3.8) is 0 Å². The van der Waals surface area contributed by atoms with Crippen LogP contribution in [0.1, 0.15) is 60.0 Å². The fourth-order valence-corrected chi connectivity index (χ4v) is 7.11. The standard InChI is InChI=1S/C38H47N9O3/c1-24-20-30(37(49)41-32-4-3-19-47(2)23-32)15-18-33(24)27-9-5-25(6-10-27)21-34(42-36(48)29-11-7-26(22-39)8-12-29)38(50)40-31-16-13-28(14-17-31)35-43-45-46-44-35/h5-6,9-10,13-18,20,26,29,32,34H,3-4,7-8,11-12,19,21-23,39H2,1-2H3,(H,40,50)(H,41,49)(H,42,48)(H,43,44,45,46). The van der Waals surface area contributed by atoms with Gasteiger partial charge < -0.3 is 26.6 Å². The third-order valence-corrected chi connectivity index (χ3v) is 10.1. The maximum absolute atomic E-state index is 13.7. The minimum atomic E-state index is -0.777. The lowest BCUT2D eigenvalue weighted by molar-refractivity contribution is -0.130. The van der Waals surface area contributed by atoms with Gasteiger partial charge in [0.25, 0.3) is 5.91 Å². The van der Waals surface area contributed by atoms with Crippen molar-refractivity contribution in [3.8, 4) is 22.5 Å². The molecule has 12 heteroatoms. The number of likely N-dealkylation sites (N-methyl/N-ethyl adjacent to an activating group) is 1. The molecule has 2 unspecified atom stereocenters. The first-order chi connectivity index (χ1) is 24.2. The van der Waals surface area contributed by atoms with E-state index in [0.29, 0.717) is 36.0 Å². The molecule has 50 heavy (non-hydrogen) atoms. The van der Waals surface area contributed by atoms with Crippen LogP contribution < -0.4 is 21.7 Å². The summed E-state index contributed by atoms with van der Waals surface area (Å²) >= 11 is 0. The number of nitrogens with two attached hydrogens (primary N) is 1. The largest absolute Gasteiger partial charge is 0.348 e. The number of likely N-dealkylation sites (tertiary alicyclic amines) is 1. The summed E-state index contributed by atoms with van der Waals surface area (Å²) in [4.78, 5) is 42.4. The summed E-state index contributed by atoms with van der Waals surface area (Å²) < 4.78 is 0. The highest BCUT2D eigenvalue weighted by atomic mass is 16.2. The number of benzene rings is 3. The summed E-state index contributed by atoms with van der Waals surface area (Å²) in [6.07, 6.45) is 5.78. The molecular formula is C38H47N9O3. The van der Waals surface area contributed by atoms with Gasteiger partial charge in [0.1, 0.15) is 6.04 Å². The van der Waals surface area contributed by atoms with Gasteiger partial charge >= 0.3 is 0 Å². The van der Waals surface area contributed by atoms with Gasteiger partial charge in [0, 0.05) is 41.7 Å². The highest BCUT2D eigenvalue weighted by Crippen LogP contribution is 2.29. The van der Waals surface area contributed by atoms with Gasteiger partial charge in [-0.2, -0.15) is 5.21 Å². The third-order valence-electron chi connectivity index (χ3n) is 10.1. The van der Waals surface area contributed by atoms with Crippen LogP contribution in [0.15, 0.2) is 66.7 Å². The molecule has 1 saturated carbocycles. The third kappa shape index (κ3) is 8.80. The maximum atomic E-state index is 13.7. The Bertz CT molecular complexity index is 1750. The van der Waals surface area contributed by atoms with Crippen molar-refractivity contribution < 1.29 is 14.4 Å². The molecule has 12 nitrogen and oxygen atoms in total. The Balaban J connectivity index is 1.13. The van der Waals surface area contributed by atoms with E-state index in [-0.39, 0.29) is 29.7 Å². The first-order valence-corrected chi connectivity index (χ1v) is 17.6. The van der Waals surface area contributed by atoms with Crippen LogP contribution in [0.2, 0.25) is 0 Å². The van der Waals surface area contributed by atoms with E-state index in [1.807, 2.05) is 49.4 Å². The van der Waals surface area contributed by atoms with E-state index >= 15 is 0 Å². The molecule has 1 aliphatic carbocycles. The number of nitrogens with zero attached hydrogens (tertiary/aromatic N) is 4. The molecule has 0 radical (unpaired) electrons. The molecule has 1 aliphatic heterocycles. The van der Waals surface area contributed by atoms with Crippen molar-refractivity contribution in [1.82, 2.24) is 36.2 Å². The van der Waals surface area contributed by atoms with Crippen molar-refractivity contribution >= 4 is 23.4 Å². The summed E-state index contributed by atoms with van der Waals surface area (Å²) in [6, 6.07) is 20.4. The van der Waals surface area contributed by atoms with E-state index in [4.69, 9.17) is 5.73 Å². The van der Waals surface area contributed by atoms with Gasteiger partial charge in [-0.3, -0.25) is 14.4 Å². The Morgan fingerprint density at radius 1 is 0.960 bits per heavy atom.